The maximum absolute atomic E-state index is 4.36. The zero-order valence-electron chi connectivity index (χ0n) is 37.8. The van der Waals surface area contributed by atoms with Gasteiger partial charge < -0.3 is 4.57 Å². The molecule has 0 bridgehead atoms. The topological polar surface area (TPSA) is 4.93 Å². The van der Waals surface area contributed by atoms with Gasteiger partial charge in [0.25, 0.3) is 0 Å². The molecule has 7 aromatic rings. The van der Waals surface area contributed by atoms with Crippen molar-refractivity contribution in [2.75, 3.05) is 0 Å². The molecule has 64 heavy (non-hydrogen) atoms. The highest BCUT2D eigenvalue weighted by atomic mass is 32.1. The predicted octanol–water partition coefficient (Wildman–Crippen LogP) is 17.3. The molecule has 2 aromatic heterocycles. The Morgan fingerprint density at radius 1 is 0.781 bits per heavy atom. The number of aromatic nitrogens is 1. The SMILES string of the molecule is C=C(/C=C\C/C(=C\C)c1ccc2c(c1)c1cc(C3=CC=C4C5=C(CCC=C5)C(C)(C)C4C3)ccc1n2-c1ccc2c(c1)C(C)(C)c1ccc3c4c(sc3c1-2)C=CCC4)c1ccccc1. The number of thiophene rings is 1. The van der Waals surface area contributed by atoms with Crippen LogP contribution in [-0.2, 0) is 11.8 Å². The number of nitrogens with zero attached hydrogens (tertiary/aromatic N) is 1. The second-order valence-electron chi connectivity index (χ2n) is 19.8. The van der Waals surface area contributed by atoms with Crippen LogP contribution in [0.5, 0.6) is 0 Å². The number of benzene rings is 5. The quantitative estimate of drug-likeness (QED) is 0.141. The summed E-state index contributed by atoms with van der Waals surface area (Å²) < 4.78 is 4.00. The summed E-state index contributed by atoms with van der Waals surface area (Å²) in [5.74, 6) is 0.503. The summed E-state index contributed by atoms with van der Waals surface area (Å²) in [6, 6.07) is 37.1. The van der Waals surface area contributed by atoms with E-state index in [2.05, 4.69) is 198 Å². The van der Waals surface area contributed by atoms with Gasteiger partial charge in [0.1, 0.15) is 0 Å². The molecule has 1 unspecified atom stereocenters. The average Bonchev–Trinajstić information content (AvgIpc) is 4.00. The Balaban J connectivity index is 0.985. The highest BCUT2D eigenvalue weighted by Gasteiger charge is 2.45. The summed E-state index contributed by atoms with van der Waals surface area (Å²) in [4.78, 5) is 1.44. The first-order chi connectivity index (χ1) is 31.1. The van der Waals surface area contributed by atoms with Crippen molar-refractivity contribution in [2.24, 2.45) is 11.3 Å². The van der Waals surface area contributed by atoms with E-state index in [4.69, 9.17) is 0 Å². The van der Waals surface area contributed by atoms with Gasteiger partial charge in [0.15, 0.2) is 0 Å². The zero-order chi connectivity index (χ0) is 43.5. The maximum atomic E-state index is 4.36. The second kappa shape index (κ2) is 14.7. The number of hydrogen-bond donors (Lipinski definition) is 0. The van der Waals surface area contributed by atoms with Gasteiger partial charge in [-0.3, -0.25) is 0 Å². The Labute approximate surface area is 382 Å². The minimum absolute atomic E-state index is 0.119. The van der Waals surface area contributed by atoms with Crippen LogP contribution in [-0.4, -0.2) is 4.57 Å². The van der Waals surface area contributed by atoms with Gasteiger partial charge in [-0.1, -0.05) is 149 Å². The van der Waals surface area contributed by atoms with E-state index in [9.17, 15) is 0 Å². The van der Waals surface area contributed by atoms with Gasteiger partial charge >= 0.3 is 0 Å². The third-order valence-electron chi connectivity index (χ3n) is 15.8. The van der Waals surface area contributed by atoms with E-state index in [1.165, 1.54) is 105 Å². The lowest BCUT2D eigenvalue weighted by molar-refractivity contribution is 0.325. The van der Waals surface area contributed by atoms with Crippen LogP contribution in [0.25, 0.3) is 71.5 Å². The first-order valence-electron chi connectivity index (χ1n) is 23.5. The fourth-order valence-electron chi connectivity index (χ4n) is 12.2. The molecule has 0 saturated carbocycles. The zero-order valence-corrected chi connectivity index (χ0v) is 38.6. The van der Waals surface area contributed by atoms with Gasteiger partial charge in [-0.25, -0.2) is 0 Å². The summed E-state index contributed by atoms with van der Waals surface area (Å²) in [6.07, 6.45) is 27.6. The fraction of sp³-hybridized carbons (Fsp3) is 0.226. The Kier molecular flexibility index (Phi) is 9.02. The molecule has 2 heteroatoms. The normalized spacial score (nSPS) is 19.3. The summed E-state index contributed by atoms with van der Waals surface area (Å²) in [6.45, 7) is 16.4. The number of hydrogen-bond acceptors (Lipinski definition) is 1. The lowest BCUT2D eigenvalue weighted by Crippen LogP contribution is -2.23. The van der Waals surface area contributed by atoms with Crippen LogP contribution >= 0.6 is 11.3 Å². The van der Waals surface area contributed by atoms with Crippen LogP contribution in [0.15, 0.2) is 169 Å². The average molecular weight is 846 g/mol. The molecule has 5 aliphatic carbocycles. The molecule has 0 spiro atoms. The van der Waals surface area contributed by atoms with E-state index in [0.717, 1.165) is 43.2 Å². The molecule has 0 radical (unpaired) electrons. The van der Waals surface area contributed by atoms with Gasteiger partial charge in [0.05, 0.1) is 11.0 Å². The Morgan fingerprint density at radius 2 is 1.58 bits per heavy atom. The van der Waals surface area contributed by atoms with Crippen LogP contribution in [0.2, 0.25) is 0 Å². The molecule has 0 saturated heterocycles. The number of allylic oxidation sites excluding steroid dienone is 14. The molecule has 5 aromatic carbocycles. The number of fused-ring (bicyclic) bond motifs is 12. The van der Waals surface area contributed by atoms with Crippen LogP contribution in [0.1, 0.15) is 105 Å². The van der Waals surface area contributed by atoms with Crippen molar-refractivity contribution in [3.63, 3.8) is 0 Å². The van der Waals surface area contributed by atoms with Gasteiger partial charge in [-0.15, -0.1) is 11.3 Å². The minimum atomic E-state index is -0.119. The van der Waals surface area contributed by atoms with E-state index in [-0.39, 0.29) is 10.8 Å². The molecule has 1 nitrogen and oxygen atoms in total. The lowest BCUT2D eigenvalue weighted by Gasteiger charge is -2.33. The van der Waals surface area contributed by atoms with Gasteiger partial charge in [0.2, 0.25) is 0 Å². The number of aryl methyl sites for hydroxylation is 1. The maximum Gasteiger partial charge on any atom is 0.0541 e. The molecule has 2 heterocycles. The Morgan fingerprint density at radius 3 is 2.42 bits per heavy atom. The molecule has 0 N–H and O–H groups in total. The predicted molar refractivity (Wildman–Crippen MR) is 277 cm³/mol. The second-order valence-corrected chi connectivity index (χ2v) is 20.9. The summed E-state index contributed by atoms with van der Waals surface area (Å²) in [5.41, 5.74) is 23.2. The largest absolute Gasteiger partial charge is 0.309 e. The molecule has 5 aliphatic rings. The molecule has 314 valence electrons. The molecule has 0 fully saturated rings. The highest BCUT2D eigenvalue weighted by Crippen LogP contribution is 2.58. The minimum Gasteiger partial charge on any atom is -0.309 e. The van der Waals surface area contributed by atoms with E-state index >= 15 is 0 Å². The van der Waals surface area contributed by atoms with Crippen molar-refractivity contribution in [3.05, 3.63) is 207 Å². The van der Waals surface area contributed by atoms with Gasteiger partial charge in [0, 0.05) is 37.0 Å². The van der Waals surface area contributed by atoms with E-state index in [1.807, 2.05) is 11.3 Å². The van der Waals surface area contributed by atoms with Crippen molar-refractivity contribution >= 4 is 66.0 Å². The first kappa shape index (κ1) is 39.4. The third kappa shape index (κ3) is 5.88. The van der Waals surface area contributed by atoms with Gasteiger partial charge in [-0.05, 0) is 171 Å². The summed E-state index contributed by atoms with van der Waals surface area (Å²) in [5, 5.41) is 4.05. The van der Waals surface area contributed by atoms with Crippen LogP contribution < -0.4 is 0 Å². The van der Waals surface area contributed by atoms with Crippen molar-refractivity contribution in [3.8, 4) is 16.8 Å². The smallest absolute Gasteiger partial charge is 0.0541 e. The van der Waals surface area contributed by atoms with E-state index < -0.39 is 0 Å². The van der Waals surface area contributed by atoms with E-state index in [1.54, 1.807) is 11.1 Å². The summed E-state index contributed by atoms with van der Waals surface area (Å²) >= 11 is 1.99. The van der Waals surface area contributed by atoms with Crippen LogP contribution in [0.4, 0.5) is 0 Å². The van der Waals surface area contributed by atoms with Crippen molar-refractivity contribution < 1.29 is 0 Å². The Bertz CT molecular complexity index is 3390. The van der Waals surface area contributed by atoms with E-state index in [0.29, 0.717) is 5.92 Å². The monoisotopic (exact) mass is 845 g/mol. The third-order valence-corrected chi connectivity index (χ3v) is 17.0. The fourth-order valence-corrected chi connectivity index (χ4v) is 13.6. The van der Waals surface area contributed by atoms with Crippen molar-refractivity contribution in [1.29, 1.82) is 0 Å². The van der Waals surface area contributed by atoms with Gasteiger partial charge in [-0.2, -0.15) is 0 Å². The van der Waals surface area contributed by atoms with Crippen molar-refractivity contribution in [2.45, 2.75) is 78.6 Å². The number of rotatable bonds is 7. The van der Waals surface area contributed by atoms with Crippen LogP contribution in [0, 0.1) is 11.3 Å². The standard InChI is InChI=1S/C62H55NS/c1-7-39(19-15-16-38(2)40-17-9-8-10-18-40)41-25-32-56-50(34-41)51-35-42(43-24-28-46-45-20-11-13-22-52(45)61(3,4)54(46)36-43)26-33-57(51)63(56)44-27-29-49-55(37-44)62(5,6)53-31-30-48-47-21-12-14-23-58(47)64-60(48)59(49)53/h7-11,14-18,20,23-35,37,54H,2,12-13,19,21-22,36H2,1,3-6H3/b16-15-,39-7+. The highest BCUT2D eigenvalue weighted by molar-refractivity contribution is 7.20. The lowest BCUT2D eigenvalue weighted by atomic mass is 9.70. The molecule has 12 rings (SSSR count). The molecular formula is C62H55NS. The van der Waals surface area contributed by atoms with Crippen molar-refractivity contribution in [1.82, 2.24) is 4.57 Å². The van der Waals surface area contributed by atoms with Crippen LogP contribution in [0.3, 0.4) is 0 Å². The molecule has 0 amide bonds. The molecular weight excluding hydrogens is 791 g/mol. The Hall–Kier alpha value is -6.22. The molecule has 1 atom stereocenters. The first-order valence-corrected chi connectivity index (χ1v) is 24.3. The molecule has 0 aliphatic heterocycles. The summed E-state index contributed by atoms with van der Waals surface area (Å²) in [7, 11) is 0.